The minimum absolute atomic E-state index is 0.0338. The summed E-state index contributed by atoms with van der Waals surface area (Å²) in [6, 6.07) is 2.60. The zero-order chi connectivity index (χ0) is 31.9. The van der Waals surface area contributed by atoms with Crippen LogP contribution in [0, 0.1) is 0 Å². The highest BCUT2D eigenvalue weighted by Gasteiger charge is 2.30. The van der Waals surface area contributed by atoms with Gasteiger partial charge in [0, 0.05) is 12.3 Å². The molecule has 234 valence electrons. The van der Waals surface area contributed by atoms with E-state index in [1.54, 1.807) is 30.3 Å². The van der Waals surface area contributed by atoms with Crippen LogP contribution in [0.2, 0.25) is 0 Å². The summed E-state index contributed by atoms with van der Waals surface area (Å²) >= 11 is 4.01. The average Bonchev–Trinajstić information content (AvgIpc) is 2.97. The Morgan fingerprint density at radius 3 is 2.05 bits per heavy atom. The second kappa shape index (κ2) is 17.2. The molecule has 18 heteroatoms. The summed E-state index contributed by atoms with van der Waals surface area (Å²) < 4.78 is 0. The molecule has 1 heterocycles. The van der Waals surface area contributed by atoms with E-state index in [0.29, 0.717) is 5.56 Å². The lowest BCUT2D eigenvalue weighted by atomic mass is 10.0. The minimum atomic E-state index is -1.70. The summed E-state index contributed by atoms with van der Waals surface area (Å²) in [7, 11) is 0. The Labute approximate surface area is 251 Å². The molecule has 0 aromatic heterocycles. The predicted molar refractivity (Wildman–Crippen MR) is 155 cm³/mol. The number of carboxylic acids is 1. The van der Waals surface area contributed by atoms with E-state index in [1.807, 2.05) is 0 Å². The molecule has 1 aliphatic rings. The lowest BCUT2D eigenvalue weighted by molar-refractivity contribution is -0.144. The number of carbonyl (C=O) groups is 7. The van der Waals surface area contributed by atoms with Crippen molar-refractivity contribution in [3.63, 3.8) is 0 Å². The number of amides is 6. The fraction of sp³-hybridized carbons (Fsp3) is 0.440. The van der Waals surface area contributed by atoms with E-state index in [-0.39, 0.29) is 31.1 Å². The number of aliphatic imine (C=N–C) groups is 1. The van der Waals surface area contributed by atoms with Gasteiger partial charge in [0.15, 0.2) is 5.96 Å². The monoisotopic (exact) mass is 621 g/mol. The molecule has 4 atom stereocenters. The molecule has 1 aliphatic heterocycles. The Hall–Kier alpha value is -4.87. The van der Waals surface area contributed by atoms with Gasteiger partial charge in [-0.3, -0.25) is 33.8 Å². The minimum Gasteiger partial charge on any atom is -0.480 e. The van der Waals surface area contributed by atoms with E-state index in [0.717, 1.165) is 0 Å². The van der Waals surface area contributed by atoms with Gasteiger partial charge in [-0.05, 0) is 18.4 Å². The molecule has 6 amide bonds. The second-order valence-corrected chi connectivity index (χ2v) is 9.69. The number of thiol groups is 1. The highest BCUT2D eigenvalue weighted by atomic mass is 32.1. The van der Waals surface area contributed by atoms with Gasteiger partial charge in [-0.25, -0.2) is 4.79 Å². The van der Waals surface area contributed by atoms with Crippen LogP contribution in [-0.2, 0) is 33.6 Å². The van der Waals surface area contributed by atoms with Gasteiger partial charge in [0.25, 0.3) is 0 Å². The topological polar surface area (TPSA) is 276 Å². The SMILES string of the molecule is NC(N)=NCCC[C@@H]1NC(=O)CNC(=O)C[C@@H](C(=O)O)NC(=O)[C@H](CS)NC(=O)CNC(=O)C(c2ccccc2)NC1=O. The molecule has 11 N–H and O–H groups in total. The fourth-order valence-electron chi connectivity index (χ4n) is 3.82. The summed E-state index contributed by atoms with van der Waals surface area (Å²) in [6.45, 7) is -1.11. The number of hydrogen-bond donors (Lipinski definition) is 10. The van der Waals surface area contributed by atoms with Crippen molar-refractivity contribution < 1.29 is 38.7 Å². The summed E-state index contributed by atoms with van der Waals surface area (Å²) in [6.07, 6.45) is -0.456. The van der Waals surface area contributed by atoms with E-state index in [1.165, 1.54) is 0 Å². The normalized spacial score (nSPS) is 23.0. The van der Waals surface area contributed by atoms with Crippen LogP contribution in [0.15, 0.2) is 35.3 Å². The van der Waals surface area contributed by atoms with Gasteiger partial charge in [0.1, 0.15) is 24.2 Å². The van der Waals surface area contributed by atoms with Crippen molar-refractivity contribution in [2.75, 3.05) is 25.4 Å². The number of nitrogens with zero attached hydrogens (tertiary/aromatic N) is 1. The summed E-state index contributed by atoms with van der Waals surface area (Å²) in [5, 5.41) is 23.6. The van der Waals surface area contributed by atoms with Gasteiger partial charge in [-0.15, -0.1) is 0 Å². The van der Waals surface area contributed by atoms with E-state index in [9.17, 15) is 38.7 Å². The molecular formula is C25H35N9O8S. The standard InChI is InChI=1S/C25H35N9O8S/c26-25(27)28-8-4-7-14-21(38)34-20(13-5-2-1-3-6-13)23(40)30-11-19(37)32-16(12-43)22(39)33-15(24(41)42)9-17(35)29-10-18(36)31-14/h1-3,5-6,14-16,20,43H,4,7-12H2,(H,29,35)(H,30,40)(H,31,36)(H,32,37)(H,33,39)(H,34,38)(H,41,42)(H4,26,27,28)/t14-,15-,16-,20?/m0/s1. The maximum Gasteiger partial charge on any atom is 0.326 e. The first-order valence-corrected chi connectivity index (χ1v) is 13.7. The van der Waals surface area contributed by atoms with E-state index >= 15 is 0 Å². The third-order valence-corrected chi connectivity index (χ3v) is 6.35. The smallest absolute Gasteiger partial charge is 0.326 e. The molecule has 0 spiro atoms. The number of hydrogen-bond acceptors (Lipinski definition) is 9. The molecule has 1 aromatic rings. The molecular weight excluding hydrogens is 586 g/mol. The highest BCUT2D eigenvalue weighted by Crippen LogP contribution is 2.14. The lowest BCUT2D eigenvalue weighted by Gasteiger charge is -2.23. The van der Waals surface area contributed by atoms with E-state index < -0.39 is 85.1 Å². The van der Waals surface area contributed by atoms with Gasteiger partial charge in [-0.2, -0.15) is 12.6 Å². The highest BCUT2D eigenvalue weighted by molar-refractivity contribution is 7.80. The summed E-state index contributed by atoms with van der Waals surface area (Å²) in [5.74, 6) is -6.92. The number of nitrogens with two attached hydrogens (primary N) is 2. The zero-order valence-corrected chi connectivity index (χ0v) is 23.9. The Kier molecular flexibility index (Phi) is 13.7. The summed E-state index contributed by atoms with van der Waals surface area (Å²) in [4.78, 5) is 92.3. The fourth-order valence-corrected chi connectivity index (χ4v) is 4.08. The molecule has 0 aliphatic carbocycles. The first-order valence-electron chi connectivity index (χ1n) is 13.1. The van der Waals surface area contributed by atoms with Crippen molar-refractivity contribution in [3.8, 4) is 0 Å². The third-order valence-electron chi connectivity index (χ3n) is 5.99. The number of benzene rings is 1. The van der Waals surface area contributed by atoms with Crippen LogP contribution in [0.25, 0.3) is 0 Å². The van der Waals surface area contributed by atoms with Crippen molar-refractivity contribution in [2.45, 2.75) is 43.4 Å². The molecule has 43 heavy (non-hydrogen) atoms. The average molecular weight is 622 g/mol. The van der Waals surface area contributed by atoms with Gasteiger partial charge >= 0.3 is 5.97 Å². The van der Waals surface area contributed by atoms with Crippen LogP contribution in [0.1, 0.15) is 30.9 Å². The van der Waals surface area contributed by atoms with Crippen LogP contribution < -0.4 is 43.4 Å². The molecule has 0 saturated carbocycles. The van der Waals surface area contributed by atoms with Crippen molar-refractivity contribution >= 4 is 60.0 Å². The Morgan fingerprint density at radius 2 is 1.44 bits per heavy atom. The zero-order valence-electron chi connectivity index (χ0n) is 23.0. The Balaban J connectivity index is 2.38. The van der Waals surface area contributed by atoms with Crippen molar-refractivity contribution in [2.24, 2.45) is 16.5 Å². The quantitative estimate of drug-likeness (QED) is 0.0610. The molecule has 1 fully saturated rings. The van der Waals surface area contributed by atoms with Gasteiger partial charge in [0.05, 0.1) is 19.5 Å². The van der Waals surface area contributed by atoms with Crippen molar-refractivity contribution in [1.29, 1.82) is 0 Å². The number of nitrogens with one attached hydrogen (secondary N) is 6. The van der Waals surface area contributed by atoms with Gasteiger partial charge in [0.2, 0.25) is 35.4 Å². The third kappa shape index (κ3) is 11.9. The maximum absolute atomic E-state index is 13.3. The number of carboxylic acid groups (broad SMARTS) is 1. The van der Waals surface area contributed by atoms with E-state index in [2.05, 4.69) is 49.5 Å². The largest absolute Gasteiger partial charge is 0.480 e. The van der Waals surface area contributed by atoms with Crippen LogP contribution in [0.4, 0.5) is 0 Å². The van der Waals surface area contributed by atoms with Crippen LogP contribution >= 0.6 is 12.6 Å². The van der Waals surface area contributed by atoms with E-state index in [4.69, 9.17) is 11.5 Å². The first kappa shape index (κ1) is 34.3. The lowest BCUT2D eigenvalue weighted by Crippen LogP contribution is -2.55. The van der Waals surface area contributed by atoms with Crippen molar-refractivity contribution in [3.05, 3.63) is 35.9 Å². The Morgan fingerprint density at radius 1 is 0.837 bits per heavy atom. The van der Waals surface area contributed by atoms with Crippen LogP contribution in [0.5, 0.6) is 0 Å². The maximum atomic E-state index is 13.3. The molecule has 0 radical (unpaired) electrons. The summed E-state index contributed by atoms with van der Waals surface area (Å²) in [5.41, 5.74) is 11.0. The van der Waals surface area contributed by atoms with Gasteiger partial charge < -0.3 is 48.5 Å². The molecule has 1 aromatic carbocycles. The molecule has 0 bridgehead atoms. The number of rotatable bonds is 7. The Bertz CT molecular complexity index is 1230. The second-order valence-electron chi connectivity index (χ2n) is 9.32. The molecule has 2 rings (SSSR count). The van der Waals surface area contributed by atoms with Crippen LogP contribution in [-0.4, -0.2) is 96.0 Å². The molecule has 17 nitrogen and oxygen atoms in total. The number of guanidine groups is 1. The molecule has 1 saturated heterocycles. The number of carbonyl (C=O) groups excluding carboxylic acids is 6. The first-order chi connectivity index (χ1) is 20.4. The van der Waals surface area contributed by atoms with Crippen molar-refractivity contribution in [1.82, 2.24) is 31.9 Å². The molecule has 1 unspecified atom stereocenters. The number of aliphatic carboxylic acids is 1. The van der Waals surface area contributed by atoms with Crippen LogP contribution in [0.3, 0.4) is 0 Å². The van der Waals surface area contributed by atoms with Gasteiger partial charge in [-0.1, -0.05) is 30.3 Å². The predicted octanol–water partition coefficient (Wildman–Crippen LogP) is -4.00.